The van der Waals surface area contributed by atoms with E-state index in [2.05, 4.69) is 12.2 Å². The molecule has 2 N–H and O–H groups in total. The van der Waals surface area contributed by atoms with E-state index < -0.39 is 11.5 Å². The summed E-state index contributed by atoms with van der Waals surface area (Å²) in [6.07, 6.45) is 1.75. The van der Waals surface area contributed by atoms with Crippen molar-refractivity contribution in [1.29, 1.82) is 0 Å². The number of hydrogen-bond donors (Lipinski definition) is 2. The second-order valence-corrected chi connectivity index (χ2v) is 5.91. The molecule has 0 aliphatic carbocycles. The molecule has 23 heavy (non-hydrogen) atoms. The standard InChI is InChI=1S/C19H19NO3/c1-2-5-13-8-10-14(11-9-13)17(21)12-19(23)15-6-3-4-7-16(15)20-18(19)22/h3-4,6-11,23H,2,5,12H2,1H3,(H,20,22)/t19-/m1/s1. The Bertz CT molecular complexity index is 751. The van der Waals surface area contributed by atoms with Gasteiger partial charge in [-0.05, 0) is 18.1 Å². The number of nitrogens with one attached hydrogen (secondary N) is 1. The fraction of sp³-hybridized carbons (Fsp3) is 0.263. The normalized spacial score (nSPS) is 19.3. The molecule has 1 aliphatic heterocycles. The van der Waals surface area contributed by atoms with E-state index in [1.165, 1.54) is 5.56 Å². The predicted molar refractivity (Wildman–Crippen MR) is 88.4 cm³/mol. The van der Waals surface area contributed by atoms with Crippen molar-refractivity contribution in [3.63, 3.8) is 0 Å². The first kappa shape index (κ1) is 15.4. The first-order valence-corrected chi connectivity index (χ1v) is 7.80. The van der Waals surface area contributed by atoms with E-state index in [9.17, 15) is 14.7 Å². The molecular weight excluding hydrogens is 290 g/mol. The molecule has 0 saturated heterocycles. The predicted octanol–water partition coefficient (Wildman–Crippen LogP) is 3.05. The van der Waals surface area contributed by atoms with Crippen LogP contribution in [0.25, 0.3) is 0 Å². The van der Waals surface area contributed by atoms with Gasteiger partial charge in [-0.25, -0.2) is 0 Å². The summed E-state index contributed by atoms with van der Waals surface area (Å²) in [5.41, 5.74) is 0.907. The topological polar surface area (TPSA) is 66.4 Å². The molecule has 0 unspecified atom stereocenters. The quantitative estimate of drug-likeness (QED) is 0.834. The number of amides is 1. The molecule has 1 heterocycles. The minimum Gasteiger partial charge on any atom is -0.375 e. The van der Waals surface area contributed by atoms with E-state index in [-0.39, 0.29) is 12.2 Å². The van der Waals surface area contributed by atoms with Crippen molar-refractivity contribution in [3.05, 3.63) is 65.2 Å². The number of aliphatic hydroxyl groups is 1. The zero-order valence-corrected chi connectivity index (χ0v) is 13.0. The van der Waals surface area contributed by atoms with E-state index in [1.54, 1.807) is 36.4 Å². The van der Waals surface area contributed by atoms with Gasteiger partial charge < -0.3 is 10.4 Å². The molecular formula is C19H19NO3. The lowest BCUT2D eigenvalue weighted by molar-refractivity contribution is -0.133. The number of anilines is 1. The number of para-hydroxylation sites is 1. The van der Waals surface area contributed by atoms with Crippen molar-refractivity contribution in [2.45, 2.75) is 31.8 Å². The van der Waals surface area contributed by atoms with Crippen LogP contribution >= 0.6 is 0 Å². The maximum Gasteiger partial charge on any atom is 0.261 e. The molecule has 2 aromatic rings. The summed E-state index contributed by atoms with van der Waals surface area (Å²) >= 11 is 0. The molecule has 1 atom stereocenters. The number of rotatable bonds is 5. The third-order valence-corrected chi connectivity index (χ3v) is 4.23. The number of benzene rings is 2. The minimum absolute atomic E-state index is 0.248. The second-order valence-electron chi connectivity index (χ2n) is 5.91. The van der Waals surface area contributed by atoms with Crippen molar-refractivity contribution in [2.24, 2.45) is 0 Å². The lowest BCUT2D eigenvalue weighted by atomic mass is 9.88. The molecule has 2 aromatic carbocycles. The number of hydrogen-bond acceptors (Lipinski definition) is 3. The van der Waals surface area contributed by atoms with Crippen LogP contribution in [0.5, 0.6) is 0 Å². The highest BCUT2D eigenvalue weighted by molar-refractivity contribution is 6.09. The van der Waals surface area contributed by atoms with Crippen LogP contribution < -0.4 is 5.32 Å². The average molecular weight is 309 g/mol. The van der Waals surface area contributed by atoms with E-state index in [4.69, 9.17) is 0 Å². The summed E-state index contributed by atoms with van der Waals surface area (Å²) < 4.78 is 0. The number of ketones is 1. The Morgan fingerprint density at radius 1 is 1.13 bits per heavy atom. The first-order valence-electron chi connectivity index (χ1n) is 7.80. The van der Waals surface area contributed by atoms with E-state index in [1.807, 2.05) is 12.1 Å². The van der Waals surface area contributed by atoms with Gasteiger partial charge in [-0.3, -0.25) is 9.59 Å². The SMILES string of the molecule is CCCc1ccc(C(=O)C[C@]2(O)C(=O)Nc3ccccc32)cc1. The van der Waals surface area contributed by atoms with E-state index >= 15 is 0 Å². The molecule has 0 saturated carbocycles. The van der Waals surface area contributed by atoms with Crippen LogP contribution in [0.4, 0.5) is 5.69 Å². The second kappa shape index (κ2) is 5.97. The number of carbonyl (C=O) groups is 2. The Balaban J connectivity index is 1.83. The number of aryl methyl sites for hydroxylation is 1. The highest BCUT2D eigenvalue weighted by Crippen LogP contribution is 2.38. The fourth-order valence-electron chi connectivity index (χ4n) is 2.96. The van der Waals surface area contributed by atoms with Crippen molar-refractivity contribution in [2.75, 3.05) is 5.32 Å². The van der Waals surface area contributed by atoms with Gasteiger partial charge in [-0.2, -0.15) is 0 Å². The average Bonchev–Trinajstić information content (AvgIpc) is 2.80. The molecule has 0 bridgehead atoms. The zero-order chi connectivity index (χ0) is 16.4. The van der Waals surface area contributed by atoms with Crippen LogP contribution in [0, 0.1) is 0 Å². The summed E-state index contributed by atoms with van der Waals surface area (Å²) in [5, 5.41) is 13.4. The van der Waals surface area contributed by atoms with Crippen molar-refractivity contribution in [3.8, 4) is 0 Å². The van der Waals surface area contributed by atoms with Gasteiger partial charge in [0, 0.05) is 16.8 Å². The van der Waals surface area contributed by atoms with Crippen molar-refractivity contribution >= 4 is 17.4 Å². The van der Waals surface area contributed by atoms with Gasteiger partial charge >= 0.3 is 0 Å². The van der Waals surface area contributed by atoms with Gasteiger partial charge in [-0.1, -0.05) is 55.8 Å². The molecule has 1 amide bonds. The number of Topliss-reactive ketones (excluding diaryl/α,β-unsaturated/α-hetero) is 1. The van der Waals surface area contributed by atoms with Gasteiger partial charge in [0.15, 0.2) is 11.4 Å². The highest BCUT2D eigenvalue weighted by Gasteiger charge is 2.46. The maximum atomic E-state index is 12.5. The molecule has 4 heteroatoms. The third kappa shape index (κ3) is 2.78. The van der Waals surface area contributed by atoms with E-state index in [0.717, 1.165) is 12.8 Å². The molecule has 1 aliphatic rings. The minimum atomic E-state index is -1.80. The van der Waals surface area contributed by atoms with Crippen LogP contribution in [0.2, 0.25) is 0 Å². The molecule has 0 radical (unpaired) electrons. The number of carbonyl (C=O) groups excluding carboxylic acids is 2. The van der Waals surface area contributed by atoms with Crippen LogP contribution in [0.1, 0.15) is 41.3 Å². The largest absolute Gasteiger partial charge is 0.375 e. The summed E-state index contributed by atoms with van der Waals surface area (Å²) in [6, 6.07) is 14.3. The van der Waals surface area contributed by atoms with Crippen molar-refractivity contribution in [1.82, 2.24) is 0 Å². The summed E-state index contributed by atoms with van der Waals surface area (Å²) in [7, 11) is 0. The first-order chi connectivity index (χ1) is 11.0. The molecule has 0 aromatic heterocycles. The van der Waals surface area contributed by atoms with Crippen LogP contribution in [-0.2, 0) is 16.8 Å². The van der Waals surface area contributed by atoms with Crippen molar-refractivity contribution < 1.29 is 14.7 Å². The molecule has 118 valence electrons. The maximum absolute atomic E-state index is 12.5. The van der Waals surface area contributed by atoms with Crippen LogP contribution in [0.15, 0.2) is 48.5 Å². The van der Waals surface area contributed by atoms with Gasteiger partial charge in [-0.15, -0.1) is 0 Å². The van der Waals surface area contributed by atoms with Gasteiger partial charge in [0.05, 0.1) is 6.42 Å². The lowest BCUT2D eigenvalue weighted by Crippen LogP contribution is -2.36. The summed E-state index contributed by atoms with van der Waals surface area (Å²) in [4.78, 5) is 24.6. The fourth-order valence-corrected chi connectivity index (χ4v) is 2.96. The van der Waals surface area contributed by atoms with E-state index in [0.29, 0.717) is 16.8 Å². The molecule has 0 fully saturated rings. The Kier molecular flexibility index (Phi) is 4.01. The number of fused-ring (bicyclic) bond motifs is 1. The smallest absolute Gasteiger partial charge is 0.261 e. The summed E-state index contributed by atoms with van der Waals surface area (Å²) in [5.74, 6) is -0.794. The zero-order valence-electron chi connectivity index (χ0n) is 13.0. The highest BCUT2D eigenvalue weighted by atomic mass is 16.3. The third-order valence-electron chi connectivity index (χ3n) is 4.23. The Morgan fingerprint density at radius 2 is 1.83 bits per heavy atom. The van der Waals surface area contributed by atoms with Gasteiger partial charge in [0.1, 0.15) is 0 Å². The van der Waals surface area contributed by atoms with Crippen LogP contribution in [0.3, 0.4) is 0 Å². The van der Waals surface area contributed by atoms with Crippen LogP contribution in [-0.4, -0.2) is 16.8 Å². The Morgan fingerprint density at radius 3 is 2.52 bits per heavy atom. The van der Waals surface area contributed by atoms with Gasteiger partial charge in [0.25, 0.3) is 5.91 Å². The Hall–Kier alpha value is -2.46. The molecule has 4 nitrogen and oxygen atoms in total. The molecule has 3 rings (SSSR count). The monoisotopic (exact) mass is 309 g/mol. The lowest BCUT2D eigenvalue weighted by Gasteiger charge is -2.20. The van der Waals surface area contributed by atoms with Gasteiger partial charge in [0.2, 0.25) is 0 Å². The summed E-state index contributed by atoms with van der Waals surface area (Å²) in [6.45, 7) is 2.10. The molecule has 0 spiro atoms. The Labute approximate surface area is 135 Å².